The first-order valence-electron chi connectivity index (χ1n) is 9.28. The van der Waals surface area contributed by atoms with Crippen LogP contribution in [0.5, 0.6) is 5.75 Å². The van der Waals surface area contributed by atoms with Crippen LogP contribution in [0.15, 0.2) is 42.6 Å². The summed E-state index contributed by atoms with van der Waals surface area (Å²) >= 11 is 0. The number of hydrogen-bond donors (Lipinski definition) is 1. The van der Waals surface area contributed by atoms with Gasteiger partial charge in [-0.05, 0) is 29.8 Å². The summed E-state index contributed by atoms with van der Waals surface area (Å²) in [7, 11) is 3.31. The summed E-state index contributed by atoms with van der Waals surface area (Å²) in [6.45, 7) is 1.64. The van der Waals surface area contributed by atoms with E-state index in [0.717, 1.165) is 0 Å². The van der Waals surface area contributed by atoms with Crippen LogP contribution in [0, 0.1) is 50.2 Å². The van der Waals surface area contributed by atoms with E-state index in [-0.39, 0.29) is 0 Å². The first kappa shape index (κ1) is 19.5. The molecule has 1 aromatic carbocycles. The molecule has 30 heavy (non-hydrogen) atoms. The van der Waals surface area contributed by atoms with Crippen LogP contribution in [0.3, 0.4) is 0 Å². The maximum absolute atomic E-state index is 10.4. The summed E-state index contributed by atoms with van der Waals surface area (Å²) in [5.74, 6) is -2.12. The second-order valence-corrected chi connectivity index (χ2v) is 7.65. The summed E-state index contributed by atoms with van der Waals surface area (Å²) in [5, 5.41) is 39.6. The SMILES string of the molecule is COc1ccc(C2C3(C)OC(=N)C2(C#N)C(C#N)(C#N)C(c2cccn2C)O3)cc1. The van der Waals surface area contributed by atoms with Crippen molar-refractivity contribution in [2.24, 2.45) is 17.9 Å². The van der Waals surface area contributed by atoms with Crippen LogP contribution in [-0.2, 0) is 16.5 Å². The maximum Gasteiger partial charge on any atom is 0.219 e. The third-order valence-electron chi connectivity index (χ3n) is 6.22. The van der Waals surface area contributed by atoms with Crippen LogP contribution in [0.4, 0.5) is 0 Å². The molecule has 2 aliphatic rings. The van der Waals surface area contributed by atoms with Crippen LogP contribution >= 0.6 is 0 Å². The van der Waals surface area contributed by atoms with Gasteiger partial charge in [0, 0.05) is 25.9 Å². The van der Waals surface area contributed by atoms with Gasteiger partial charge >= 0.3 is 0 Å². The lowest BCUT2D eigenvalue weighted by atomic mass is 9.52. The number of nitrogens with zero attached hydrogens (tertiary/aromatic N) is 4. The summed E-state index contributed by atoms with van der Waals surface area (Å²) in [5.41, 5.74) is -2.71. The van der Waals surface area contributed by atoms with Crippen molar-refractivity contribution in [3.05, 3.63) is 53.9 Å². The zero-order valence-electron chi connectivity index (χ0n) is 16.7. The molecule has 4 atom stereocenters. The van der Waals surface area contributed by atoms with Crippen molar-refractivity contribution in [1.29, 1.82) is 21.2 Å². The standard InChI is InChI=1S/C22H19N5O3/c1-20-17(14-6-8-15(28-3)9-7-14)22(13-25,19(26)30-20)21(11-23,12-24)18(29-20)16-5-4-10-27(16)2/h4-10,17-18,26H,1-3H3. The number of nitrogens with one attached hydrogen (secondary N) is 1. The van der Waals surface area contributed by atoms with Gasteiger partial charge in [0.15, 0.2) is 5.41 Å². The fourth-order valence-electron chi connectivity index (χ4n) is 4.79. The number of benzene rings is 1. The molecule has 8 heteroatoms. The van der Waals surface area contributed by atoms with Gasteiger partial charge in [0.2, 0.25) is 17.1 Å². The Balaban J connectivity index is 2.02. The molecule has 150 valence electrons. The van der Waals surface area contributed by atoms with E-state index in [4.69, 9.17) is 19.6 Å². The quantitative estimate of drug-likeness (QED) is 0.841. The van der Waals surface area contributed by atoms with Crippen molar-refractivity contribution in [3.8, 4) is 24.0 Å². The highest BCUT2D eigenvalue weighted by Crippen LogP contribution is 2.69. The Labute approximate surface area is 173 Å². The van der Waals surface area contributed by atoms with E-state index in [2.05, 4.69) is 18.2 Å². The van der Waals surface area contributed by atoms with Crippen molar-refractivity contribution >= 4 is 5.90 Å². The van der Waals surface area contributed by atoms with E-state index in [1.807, 2.05) is 0 Å². The monoisotopic (exact) mass is 401 g/mol. The van der Waals surface area contributed by atoms with Gasteiger partial charge in [0.1, 0.15) is 11.9 Å². The molecule has 2 fully saturated rings. The molecule has 0 aliphatic carbocycles. The minimum Gasteiger partial charge on any atom is -0.497 e. The third-order valence-corrected chi connectivity index (χ3v) is 6.22. The summed E-state index contributed by atoms with van der Waals surface area (Å²) in [6.07, 6.45) is 0.679. The van der Waals surface area contributed by atoms with Gasteiger partial charge in [-0.25, -0.2) is 0 Å². The molecule has 4 rings (SSSR count). The van der Waals surface area contributed by atoms with E-state index in [1.54, 1.807) is 68.2 Å². The molecular weight excluding hydrogens is 382 g/mol. The number of aromatic nitrogens is 1. The Morgan fingerprint density at radius 1 is 1.10 bits per heavy atom. The average molecular weight is 401 g/mol. The third kappa shape index (κ3) is 2.13. The zero-order valence-corrected chi connectivity index (χ0v) is 16.7. The molecule has 0 saturated carbocycles. The lowest BCUT2D eigenvalue weighted by Gasteiger charge is -2.48. The second-order valence-electron chi connectivity index (χ2n) is 7.65. The molecule has 1 N–H and O–H groups in total. The Bertz CT molecular complexity index is 1140. The maximum atomic E-state index is 10.4. The average Bonchev–Trinajstić information content (AvgIpc) is 3.25. The van der Waals surface area contributed by atoms with Gasteiger partial charge < -0.3 is 18.8 Å². The topological polar surface area (TPSA) is 128 Å². The number of fused-ring (bicyclic) bond motifs is 2. The Morgan fingerprint density at radius 3 is 2.27 bits per heavy atom. The first-order chi connectivity index (χ1) is 14.3. The number of aryl methyl sites for hydroxylation is 1. The zero-order chi connectivity index (χ0) is 21.7. The smallest absolute Gasteiger partial charge is 0.219 e. The van der Waals surface area contributed by atoms with Crippen molar-refractivity contribution in [1.82, 2.24) is 4.57 Å². The van der Waals surface area contributed by atoms with Crippen LogP contribution in [0.1, 0.15) is 30.2 Å². The molecule has 0 amide bonds. The fourth-order valence-corrected chi connectivity index (χ4v) is 4.79. The lowest BCUT2D eigenvalue weighted by molar-refractivity contribution is -0.255. The van der Waals surface area contributed by atoms with E-state index in [1.165, 1.54) is 0 Å². The van der Waals surface area contributed by atoms with Gasteiger partial charge in [-0.3, -0.25) is 5.41 Å². The number of ether oxygens (including phenoxy) is 3. The Hall–Kier alpha value is -3.80. The molecular formula is C22H19N5O3. The normalized spacial score (nSPS) is 31.1. The van der Waals surface area contributed by atoms with Crippen LogP contribution in [0.25, 0.3) is 0 Å². The van der Waals surface area contributed by atoms with Gasteiger partial charge in [0.05, 0.1) is 31.2 Å². The Morgan fingerprint density at radius 2 is 1.77 bits per heavy atom. The van der Waals surface area contributed by atoms with Gasteiger partial charge in [-0.2, -0.15) is 15.8 Å². The number of rotatable bonds is 3. The molecule has 0 radical (unpaired) electrons. The van der Waals surface area contributed by atoms with Crippen molar-refractivity contribution in [2.75, 3.05) is 7.11 Å². The predicted molar refractivity (Wildman–Crippen MR) is 104 cm³/mol. The van der Waals surface area contributed by atoms with E-state index in [0.29, 0.717) is 17.0 Å². The first-order valence-corrected chi connectivity index (χ1v) is 9.28. The highest BCUT2D eigenvalue weighted by molar-refractivity contribution is 5.90. The molecule has 0 spiro atoms. The summed E-state index contributed by atoms with van der Waals surface area (Å²) in [6, 6.07) is 16.7. The van der Waals surface area contributed by atoms with Gasteiger partial charge in [-0.1, -0.05) is 12.1 Å². The molecule has 8 nitrogen and oxygen atoms in total. The van der Waals surface area contributed by atoms with E-state index in [9.17, 15) is 15.8 Å². The fraction of sp³-hybridized carbons (Fsp3) is 0.364. The van der Waals surface area contributed by atoms with Crippen molar-refractivity contribution < 1.29 is 14.2 Å². The summed E-state index contributed by atoms with van der Waals surface area (Å²) < 4.78 is 19.1. The molecule has 4 unspecified atom stereocenters. The second kappa shape index (κ2) is 6.35. The molecule has 1 aromatic heterocycles. The molecule has 2 bridgehead atoms. The Kier molecular flexibility index (Phi) is 4.13. The minimum atomic E-state index is -2.01. The van der Waals surface area contributed by atoms with Gasteiger partial charge in [-0.15, -0.1) is 0 Å². The predicted octanol–water partition coefficient (Wildman–Crippen LogP) is 3.16. The highest BCUT2D eigenvalue weighted by atomic mass is 16.7. The molecule has 2 aliphatic heterocycles. The molecule has 2 saturated heterocycles. The molecule has 2 aromatic rings. The van der Waals surface area contributed by atoms with Crippen molar-refractivity contribution in [3.63, 3.8) is 0 Å². The number of methoxy groups -OCH3 is 1. The largest absolute Gasteiger partial charge is 0.497 e. The number of hydrogen-bond acceptors (Lipinski definition) is 7. The van der Waals surface area contributed by atoms with E-state index >= 15 is 0 Å². The van der Waals surface area contributed by atoms with Gasteiger partial charge in [0.25, 0.3) is 0 Å². The summed E-state index contributed by atoms with van der Waals surface area (Å²) in [4.78, 5) is 0. The highest BCUT2D eigenvalue weighted by Gasteiger charge is 2.80. The number of nitriles is 3. The lowest BCUT2D eigenvalue weighted by Crippen LogP contribution is -2.57. The minimum absolute atomic E-state index is 0.437. The van der Waals surface area contributed by atoms with Crippen LogP contribution < -0.4 is 4.74 Å². The van der Waals surface area contributed by atoms with E-state index < -0.39 is 34.5 Å². The van der Waals surface area contributed by atoms with Crippen LogP contribution in [-0.4, -0.2) is 23.4 Å². The van der Waals surface area contributed by atoms with Crippen molar-refractivity contribution in [2.45, 2.75) is 24.7 Å². The molecule has 3 heterocycles. The van der Waals surface area contributed by atoms with Crippen LogP contribution in [0.2, 0.25) is 0 Å².